The number of rotatable bonds is 4. The number of nitrogens with zero attached hydrogens (tertiary/aromatic N) is 1. The highest BCUT2D eigenvalue weighted by Crippen LogP contribution is 2.25. The van der Waals surface area contributed by atoms with Gasteiger partial charge in [-0.25, -0.2) is 4.79 Å². The van der Waals surface area contributed by atoms with E-state index in [1.54, 1.807) is 23.1 Å². The van der Waals surface area contributed by atoms with Crippen molar-refractivity contribution in [1.29, 1.82) is 0 Å². The number of H-pyrrole nitrogens is 1. The molecule has 0 aliphatic carbocycles. The number of nitrogens with one attached hydrogen (secondary N) is 1. The quantitative estimate of drug-likeness (QED) is 0.715. The van der Waals surface area contributed by atoms with Crippen molar-refractivity contribution in [2.45, 2.75) is 19.3 Å². The highest BCUT2D eigenvalue weighted by Gasteiger charge is 2.26. The summed E-state index contributed by atoms with van der Waals surface area (Å²) in [5.41, 5.74) is 1.99. The molecule has 0 bridgehead atoms. The summed E-state index contributed by atoms with van der Waals surface area (Å²) >= 11 is 0. The van der Waals surface area contributed by atoms with Crippen molar-refractivity contribution in [2.24, 2.45) is 5.92 Å². The lowest BCUT2D eigenvalue weighted by Gasteiger charge is -2.32. The molecular formula is C23H22N2O4. The number of aromatic amines is 1. The first kappa shape index (κ1) is 18.9. The largest absolute Gasteiger partial charge is 0.478 e. The monoisotopic (exact) mass is 390 g/mol. The normalized spacial score (nSPS) is 14.8. The Labute approximate surface area is 167 Å². The SMILES string of the molecule is O=C(O)c1ccccc1CC1CCN(C(=O)c2cc(=O)[nH]c3ccccc23)CC1. The number of piperidine rings is 1. The highest BCUT2D eigenvalue weighted by molar-refractivity contribution is 6.06. The molecule has 0 saturated carbocycles. The molecule has 4 rings (SSSR count). The molecule has 1 amide bonds. The van der Waals surface area contributed by atoms with Crippen LogP contribution in [0.4, 0.5) is 0 Å². The van der Waals surface area contributed by atoms with Gasteiger partial charge in [-0.3, -0.25) is 9.59 Å². The van der Waals surface area contributed by atoms with Crippen LogP contribution in [0.1, 0.15) is 39.1 Å². The summed E-state index contributed by atoms with van der Waals surface area (Å²) in [4.78, 5) is 41.0. The van der Waals surface area contributed by atoms with Gasteiger partial charge in [-0.05, 0) is 42.9 Å². The number of hydrogen-bond acceptors (Lipinski definition) is 3. The Bertz CT molecular complexity index is 1130. The van der Waals surface area contributed by atoms with Crippen molar-refractivity contribution < 1.29 is 14.7 Å². The highest BCUT2D eigenvalue weighted by atomic mass is 16.4. The zero-order valence-corrected chi connectivity index (χ0v) is 15.9. The molecule has 148 valence electrons. The van der Waals surface area contributed by atoms with Crippen LogP contribution in [0.15, 0.2) is 59.4 Å². The number of likely N-dealkylation sites (tertiary alicyclic amines) is 1. The minimum Gasteiger partial charge on any atom is -0.478 e. The maximum absolute atomic E-state index is 13.1. The average molecular weight is 390 g/mol. The molecule has 0 radical (unpaired) electrons. The predicted octanol–water partition coefficient (Wildman–Crippen LogP) is 3.32. The number of aromatic nitrogens is 1. The minimum atomic E-state index is -0.908. The Morgan fingerprint density at radius 2 is 1.69 bits per heavy atom. The van der Waals surface area contributed by atoms with E-state index in [0.717, 1.165) is 23.8 Å². The summed E-state index contributed by atoms with van der Waals surface area (Å²) in [5, 5.41) is 10.1. The number of fused-ring (bicyclic) bond motifs is 1. The molecule has 0 atom stereocenters. The first-order chi connectivity index (χ1) is 14.0. The van der Waals surface area contributed by atoms with Crippen LogP contribution in [0.5, 0.6) is 0 Å². The summed E-state index contributed by atoms with van der Waals surface area (Å²) in [7, 11) is 0. The van der Waals surface area contributed by atoms with E-state index in [9.17, 15) is 19.5 Å². The second kappa shape index (κ2) is 7.91. The standard InChI is InChI=1S/C23H22N2O4/c26-21-14-19(18-7-3-4-8-20(18)24-21)22(27)25-11-9-15(10-12-25)13-16-5-1-2-6-17(16)23(28)29/h1-8,14-15H,9-13H2,(H,24,26)(H,28,29). The fourth-order valence-corrected chi connectivity index (χ4v) is 4.11. The molecule has 1 aromatic heterocycles. The van der Waals surface area contributed by atoms with E-state index in [2.05, 4.69) is 4.98 Å². The summed E-state index contributed by atoms with van der Waals surface area (Å²) in [6, 6.07) is 15.8. The maximum Gasteiger partial charge on any atom is 0.335 e. The van der Waals surface area contributed by atoms with Gasteiger partial charge in [0.15, 0.2) is 0 Å². The van der Waals surface area contributed by atoms with Gasteiger partial charge >= 0.3 is 5.97 Å². The maximum atomic E-state index is 13.1. The number of carboxylic acid groups (broad SMARTS) is 1. The molecule has 2 aromatic carbocycles. The van der Waals surface area contributed by atoms with E-state index in [-0.39, 0.29) is 11.5 Å². The van der Waals surface area contributed by atoms with Crippen LogP contribution >= 0.6 is 0 Å². The third-order valence-corrected chi connectivity index (χ3v) is 5.64. The van der Waals surface area contributed by atoms with Crippen molar-refractivity contribution in [1.82, 2.24) is 9.88 Å². The molecule has 2 heterocycles. The summed E-state index contributed by atoms with van der Waals surface area (Å²) in [6.07, 6.45) is 2.31. The lowest BCUT2D eigenvalue weighted by Crippen LogP contribution is -2.39. The number of carbonyl (C=O) groups is 2. The molecule has 0 unspecified atom stereocenters. The number of amides is 1. The molecule has 1 saturated heterocycles. The van der Waals surface area contributed by atoms with Crippen molar-refractivity contribution in [3.8, 4) is 0 Å². The predicted molar refractivity (Wildman–Crippen MR) is 110 cm³/mol. The van der Waals surface area contributed by atoms with Gasteiger partial charge in [0.1, 0.15) is 0 Å². The zero-order chi connectivity index (χ0) is 20.4. The lowest BCUT2D eigenvalue weighted by atomic mass is 9.88. The Balaban J connectivity index is 1.47. The molecule has 2 N–H and O–H groups in total. The van der Waals surface area contributed by atoms with Gasteiger partial charge in [-0.1, -0.05) is 36.4 Å². The molecule has 1 aliphatic heterocycles. The second-order valence-electron chi connectivity index (χ2n) is 7.49. The second-order valence-corrected chi connectivity index (χ2v) is 7.49. The van der Waals surface area contributed by atoms with E-state index in [4.69, 9.17) is 0 Å². The van der Waals surface area contributed by atoms with Crippen LogP contribution in [0, 0.1) is 5.92 Å². The van der Waals surface area contributed by atoms with Crippen LogP contribution < -0.4 is 5.56 Å². The van der Waals surface area contributed by atoms with Crippen molar-refractivity contribution in [3.63, 3.8) is 0 Å². The van der Waals surface area contributed by atoms with Gasteiger partial charge in [0, 0.05) is 30.1 Å². The Morgan fingerprint density at radius 1 is 1.00 bits per heavy atom. The number of para-hydroxylation sites is 1. The smallest absolute Gasteiger partial charge is 0.335 e. The molecule has 6 heteroatoms. The number of benzene rings is 2. The Hall–Kier alpha value is -3.41. The fourth-order valence-electron chi connectivity index (χ4n) is 4.11. The van der Waals surface area contributed by atoms with Crippen LogP contribution in [-0.2, 0) is 6.42 Å². The van der Waals surface area contributed by atoms with E-state index in [1.807, 2.05) is 30.3 Å². The Morgan fingerprint density at radius 3 is 2.45 bits per heavy atom. The molecular weight excluding hydrogens is 368 g/mol. The zero-order valence-electron chi connectivity index (χ0n) is 15.9. The van der Waals surface area contributed by atoms with Gasteiger partial charge in [-0.2, -0.15) is 0 Å². The van der Waals surface area contributed by atoms with Crippen LogP contribution in [0.3, 0.4) is 0 Å². The van der Waals surface area contributed by atoms with Gasteiger partial charge in [-0.15, -0.1) is 0 Å². The third-order valence-electron chi connectivity index (χ3n) is 5.64. The van der Waals surface area contributed by atoms with Crippen molar-refractivity contribution in [3.05, 3.63) is 81.6 Å². The third kappa shape index (κ3) is 3.92. The van der Waals surface area contributed by atoms with E-state index >= 15 is 0 Å². The molecule has 29 heavy (non-hydrogen) atoms. The van der Waals surface area contributed by atoms with Crippen LogP contribution in [-0.4, -0.2) is 40.0 Å². The first-order valence-corrected chi connectivity index (χ1v) is 9.75. The van der Waals surface area contributed by atoms with E-state index in [1.165, 1.54) is 6.07 Å². The lowest BCUT2D eigenvalue weighted by molar-refractivity contribution is 0.0692. The van der Waals surface area contributed by atoms with Crippen LogP contribution in [0.2, 0.25) is 0 Å². The van der Waals surface area contributed by atoms with Gasteiger partial charge in [0.2, 0.25) is 5.56 Å². The van der Waals surface area contributed by atoms with Gasteiger partial charge in [0.25, 0.3) is 5.91 Å². The summed E-state index contributed by atoms with van der Waals surface area (Å²) in [5.74, 6) is -0.707. The van der Waals surface area contributed by atoms with E-state index < -0.39 is 5.97 Å². The van der Waals surface area contributed by atoms with Gasteiger partial charge < -0.3 is 15.0 Å². The molecule has 6 nitrogen and oxygen atoms in total. The van der Waals surface area contributed by atoms with Crippen molar-refractivity contribution in [2.75, 3.05) is 13.1 Å². The number of aromatic carboxylic acids is 1. The molecule has 1 aliphatic rings. The van der Waals surface area contributed by atoms with Gasteiger partial charge in [0.05, 0.1) is 11.1 Å². The Kier molecular flexibility index (Phi) is 5.16. The number of hydrogen-bond donors (Lipinski definition) is 2. The minimum absolute atomic E-state index is 0.128. The first-order valence-electron chi connectivity index (χ1n) is 9.75. The topological polar surface area (TPSA) is 90.5 Å². The van der Waals surface area contributed by atoms with Crippen LogP contribution in [0.25, 0.3) is 10.9 Å². The summed E-state index contributed by atoms with van der Waals surface area (Å²) < 4.78 is 0. The number of carbonyl (C=O) groups excluding carboxylic acids is 1. The molecule has 1 fully saturated rings. The number of carboxylic acids is 1. The average Bonchev–Trinajstić information content (AvgIpc) is 2.73. The number of pyridine rings is 1. The van der Waals surface area contributed by atoms with E-state index in [0.29, 0.717) is 42.1 Å². The fraction of sp³-hybridized carbons (Fsp3) is 0.261. The van der Waals surface area contributed by atoms with Crippen molar-refractivity contribution >= 4 is 22.8 Å². The molecule has 0 spiro atoms. The summed E-state index contributed by atoms with van der Waals surface area (Å²) in [6.45, 7) is 1.19. The molecule has 3 aromatic rings.